The van der Waals surface area contributed by atoms with Crippen LogP contribution in [0.15, 0.2) is 18.2 Å². The molecule has 176 valence electrons. The number of nitrogens with zero attached hydrogens (tertiary/aromatic N) is 3. The molecular formula is C24H35N3O5. The third-order valence-corrected chi connectivity index (χ3v) is 6.64. The maximum Gasteiger partial charge on any atom is 0.290 e. The molecule has 0 spiro atoms. The van der Waals surface area contributed by atoms with E-state index in [-0.39, 0.29) is 12.3 Å². The number of fused-ring (bicyclic) bond motifs is 4. The number of piperidine rings is 3. The van der Waals surface area contributed by atoms with Gasteiger partial charge in [0.25, 0.3) is 6.47 Å². The number of ether oxygens (including phenoxy) is 2. The molecule has 0 radical (unpaired) electrons. The summed E-state index contributed by atoms with van der Waals surface area (Å²) in [7, 11) is 3.42. The summed E-state index contributed by atoms with van der Waals surface area (Å²) in [4.78, 5) is 24.2. The average Bonchev–Trinajstić information content (AvgIpc) is 3.17. The van der Waals surface area contributed by atoms with Crippen molar-refractivity contribution >= 4 is 23.2 Å². The van der Waals surface area contributed by atoms with Gasteiger partial charge in [-0.2, -0.15) is 5.10 Å². The molecule has 4 heterocycles. The standard InChI is InChI=1S/C23H33N3O3.CH2O2/c1-28-12-3-4-17-5-6-21-20(14-17)23(24-26(21)11-13-29-2)22(27)15-19-16-25-9-7-18(19)8-10-25;2-1-3/h5-6,14,18-19H,3-4,7-13,15-16H2,1-2H3;1H,(H,2,3)/t19-;/m1./s1. The molecule has 3 aliphatic rings. The number of aryl methyl sites for hydroxylation is 1. The first-order chi connectivity index (χ1) is 15.6. The van der Waals surface area contributed by atoms with Crippen molar-refractivity contribution in [1.82, 2.24) is 14.7 Å². The summed E-state index contributed by atoms with van der Waals surface area (Å²) < 4.78 is 12.4. The summed E-state index contributed by atoms with van der Waals surface area (Å²) in [6.07, 6.45) is 5.02. The van der Waals surface area contributed by atoms with Gasteiger partial charge in [-0.25, -0.2) is 0 Å². The Morgan fingerprint density at radius 2 is 1.94 bits per heavy atom. The Morgan fingerprint density at radius 1 is 1.22 bits per heavy atom. The molecule has 5 rings (SSSR count). The van der Waals surface area contributed by atoms with E-state index in [4.69, 9.17) is 24.5 Å². The van der Waals surface area contributed by atoms with Gasteiger partial charge in [-0.1, -0.05) is 6.07 Å². The molecule has 1 atom stereocenters. The Labute approximate surface area is 189 Å². The van der Waals surface area contributed by atoms with E-state index in [9.17, 15) is 4.79 Å². The summed E-state index contributed by atoms with van der Waals surface area (Å²) in [5.41, 5.74) is 2.90. The second kappa shape index (κ2) is 12.1. The Hall–Kier alpha value is -2.29. The van der Waals surface area contributed by atoms with Crippen molar-refractivity contribution in [3.8, 4) is 0 Å². The fourth-order valence-corrected chi connectivity index (χ4v) is 5.01. The van der Waals surface area contributed by atoms with Gasteiger partial charge in [0.05, 0.1) is 18.7 Å². The van der Waals surface area contributed by atoms with Crippen LogP contribution in [0, 0.1) is 11.8 Å². The van der Waals surface area contributed by atoms with Gasteiger partial charge in [-0.05, 0) is 68.3 Å². The van der Waals surface area contributed by atoms with E-state index >= 15 is 0 Å². The van der Waals surface area contributed by atoms with Crippen molar-refractivity contribution in [2.75, 3.05) is 47.1 Å². The number of carboxylic acid groups (broad SMARTS) is 1. The van der Waals surface area contributed by atoms with Crippen molar-refractivity contribution < 1.29 is 24.2 Å². The van der Waals surface area contributed by atoms with Crippen LogP contribution in [0.1, 0.15) is 41.7 Å². The van der Waals surface area contributed by atoms with Crippen LogP contribution < -0.4 is 0 Å². The topological polar surface area (TPSA) is 93.9 Å². The third kappa shape index (κ3) is 5.94. The minimum atomic E-state index is -0.250. The molecule has 2 bridgehead atoms. The Morgan fingerprint density at radius 3 is 2.56 bits per heavy atom. The van der Waals surface area contributed by atoms with Crippen molar-refractivity contribution in [2.24, 2.45) is 11.8 Å². The highest BCUT2D eigenvalue weighted by Gasteiger charge is 2.35. The molecule has 0 amide bonds. The number of hydrogen-bond donors (Lipinski definition) is 1. The molecular weight excluding hydrogens is 410 g/mol. The van der Waals surface area contributed by atoms with Gasteiger partial charge < -0.3 is 19.5 Å². The lowest BCUT2D eigenvalue weighted by atomic mass is 9.76. The number of aromatic nitrogens is 2. The first-order valence-corrected chi connectivity index (χ1v) is 11.4. The van der Waals surface area contributed by atoms with Crippen molar-refractivity contribution in [1.29, 1.82) is 0 Å². The Kier molecular flexibility index (Phi) is 9.20. The fraction of sp³-hybridized carbons (Fsp3) is 0.625. The molecule has 3 saturated heterocycles. The first-order valence-electron chi connectivity index (χ1n) is 11.4. The van der Waals surface area contributed by atoms with E-state index in [1.54, 1.807) is 14.2 Å². The van der Waals surface area contributed by atoms with Crippen LogP contribution in [-0.2, 0) is 27.2 Å². The van der Waals surface area contributed by atoms with E-state index < -0.39 is 0 Å². The zero-order valence-electron chi connectivity index (χ0n) is 19.2. The molecule has 8 nitrogen and oxygen atoms in total. The maximum atomic E-state index is 13.3. The number of carbonyl (C=O) groups excluding carboxylic acids is 1. The van der Waals surface area contributed by atoms with Crippen LogP contribution in [0.2, 0.25) is 0 Å². The number of rotatable bonds is 10. The third-order valence-electron chi connectivity index (χ3n) is 6.64. The molecule has 2 aromatic rings. The molecule has 1 aromatic carbocycles. The van der Waals surface area contributed by atoms with Gasteiger partial charge >= 0.3 is 0 Å². The van der Waals surface area contributed by atoms with E-state index in [0.29, 0.717) is 37.1 Å². The lowest BCUT2D eigenvalue weighted by molar-refractivity contribution is -0.122. The average molecular weight is 446 g/mol. The summed E-state index contributed by atoms with van der Waals surface area (Å²) in [5, 5.41) is 12.6. The first kappa shape index (κ1) is 24.4. The Bertz CT molecular complexity index is 889. The van der Waals surface area contributed by atoms with Gasteiger partial charge in [0.15, 0.2) is 5.78 Å². The van der Waals surface area contributed by atoms with Crippen LogP contribution in [0.25, 0.3) is 10.9 Å². The summed E-state index contributed by atoms with van der Waals surface area (Å²) in [6.45, 7) is 5.21. The fourth-order valence-electron chi connectivity index (χ4n) is 5.01. The number of hydrogen-bond acceptors (Lipinski definition) is 6. The minimum absolute atomic E-state index is 0.193. The summed E-state index contributed by atoms with van der Waals surface area (Å²) >= 11 is 0. The number of ketones is 1. The molecule has 32 heavy (non-hydrogen) atoms. The largest absolute Gasteiger partial charge is 0.483 e. The van der Waals surface area contributed by atoms with Crippen LogP contribution >= 0.6 is 0 Å². The predicted molar refractivity (Wildman–Crippen MR) is 122 cm³/mol. The lowest BCUT2D eigenvalue weighted by Gasteiger charge is -2.44. The highest BCUT2D eigenvalue weighted by atomic mass is 16.5. The molecule has 8 heteroatoms. The highest BCUT2D eigenvalue weighted by Crippen LogP contribution is 2.35. The zero-order valence-corrected chi connectivity index (χ0v) is 19.2. The second-order valence-corrected chi connectivity index (χ2v) is 8.64. The maximum absolute atomic E-state index is 13.3. The van der Waals surface area contributed by atoms with Gasteiger partial charge in [0.1, 0.15) is 5.69 Å². The highest BCUT2D eigenvalue weighted by molar-refractivity contribution is 6.06. The molecule has 3 fully saturated rings. The molecule has 1 aromatic heterocycles. The Balaban J connectivity index is 0.000000913. The smallest absolute Gasteiger partial charge is 0.290 e. The van der Waals surface area contributed by atoms with Gasteiger partial charge in [0, 0.05) is 39.2 Å². The van der Waals surface area contributed by atoms with Gasteiger partial charge in [-0.15, -0.1) is 0 Å². The van der Waals surface area contributed by atoms with Crippen LogP contribution in [0.4, 0.5) is 0 Å². The lowest BCUT2D eigenvalue weighted by Crippen LogP contribution is -2.47. The van der Waals surface area contributed by atoms with E-state index in [1.807, 2.05) is 4.68 Å². The van der Waals surface area contributed by atoms with Gasteiger partial charge in [-0.3, -0.25) is 14.3 Å². The monoisotopic (exact) mass is 445 g/mol. The quantitative estimate of drug-likeness (QED) is 0.341. The number of benzene rings is 1. The van der Waals surface area contributed by atoms with E-state index in [2.05, 4.69) is 23.1 Å². The summed E-state index contributed by atoms with van der Waals surface area (Å²) in [5.74, 6) is 1.38. The second-order valence-electron chi connectivity index (χ2n) is 8.64. The van der Waals surface area contributed by atoms with Crippen LogP contribution in [-0.4, -0.2) is 79.1 Å². The van der Waals surface area contributed by atoms with Crippen molar-refractivity contribution in [3.63, 3.8) is 0 Å². The number of carbonyl (C=O) groups is 2. The normalized spacial score (nSPS) is 21.9. The molecule has 0 unspecified atom stereocenters. The van der Waals surface area contributed by atoms with E-state index in [0.717, 1.165) is 36.9 Å². The van der Waals surface area contributed by atoms with Crippen LogP contribution in [0.5, 0.6) is 0 Å². The summed E-state index contributed by atoms with van der Waals surface area (Å²) in [6, 6.07) is 6.40. The number of methoxy groups -OCH3 is 2. The predicted octanol–water partition coefficient (Wildman–Crippen LogP) is 2.88. The molecule has 0 saturated carbocycles. The van der Waals surface area contributed by atoms with Crippen LogP contribution in [0.3, 0.4) is 0 Å². The SMILES string of the molecule is COCCCc1ccc2c(c1)c(C(=O)C[C@@H]1CN3CCC1CC3)nn2CCOC.O=CO. The zero-order chi connectivity index (χ0) is 22.9. The number of Topliss-reactive ketones (excluding diaryl/α,β-unsaturated/α-hetero) is 1. The molecule has 0 aliphatic carbocycles. The van der Waals surface area contributed by atoms with Crippen molar-refractivity contribution in [2.45, 2.75) is 38.6 Å². The van der Waals surface area contributed by atoms with Crippen molar-refractivity contribution in [3.05, 3.63) is 29.5 Å². The van der Waals surface area contributed by atoms with E-state index in [1.165, 1.54) is 31.5 Å². The molecule has 1 N–H and O–H groups in total. The minimum Gasteiger partial charge on any atom is -0.483 e. The molecule has 3 aliphatic heterocycles. The van der Waals surface area contributed by atoms with Gasteiger partial charge in [0.2, 0.25) is 0 Å².